The van der Waals surface area contributed by atoms with Gasteiger partial charge in [-0.3, -0.25) is 9.69 Å². The van der Waals surface area contributed by atoms with Gasteiger partial charge in [0.15, 0.2) is 5.82 Å². The number of aromatic nitrogens is 2. The number of ether oxygens (including phenoxy) is 1. The first kappa shape index (κ1) is 26.2. The molecule has 4 aromatic rings. The fourth-order valence-corrected chi connectivity index (χ4v) is 4.56. The molecule has 37 heavy (non-hydrogen) atoms. The number of nitrogens with zero attached hydrogens (tertiary/aromatic N) is 4. The summed E-state index contributed by atoms with van der Waals surface area (Å²) in [5.41, 5.74) is 3.63. The highest BCUT2D eigenvalue weighted by molar-refractivity contribution is 6.38. The molecule has 0 spiro atoms. The van der Waals surface area contributed by atoms with Crippen molar-refractivity contribution in [3.8, 4) is 5.75 Å². The quantitative estimate of drug-likeness (QED) is 0.230. The number of halogens is 2. The van der Waals surface area contributed by atoms with E-state index < -0.39 is 0 Å². The highest BCUT2D eigenvalue weighted by Crippen LogP contribution is 2.37. The van der Waals surface area contributed by atoms with Crippen LogP contribution in [0.3, 0.4) is 0 Å². The van der Waals surface area contributed by atoms with Crippen LogP contribution in [0, 0.1) is 6.92 Å². The molecule has 2 heterocycles. The molecule has 2 aromatic heterocycles. The van der Waals surface area contributed by atoms with Crippen LogP contribution >= 0.6 is 23.2 Å². The molecule has 188 valence electrons. The first-order valence-electron chi connectivity index (χ1n) is 11.6. The number of pyridine rings is 2. The summed E-state index contributed by atoms with van der Waals surface area (Å²) in [7, 11) is 0. The predicted molar refractivity (Wildman–Crippen MR) is 152 cm³/mol. The molecule has 0 aliphatic carbocycles. The molecular formula is C29H26Cl2N4O2. The molecule has 0 N–H and O–H groups in total. The van der Waals surface area contributed by atoms with Gasteiger partial charge in [0.05, 0.1) is 21.4 Å². The van der Waals surface area contributed by atoms with E-state index in [2.05, 4.69) is 11.6 Å². The van der Waals surface area contributed by atoms with Crippen molar-refractivity contribution in [3.05, 3.63) is 107 Å². The predicted octanol–water partition coefficient (Wildman–Crippen LogP) is 7.99. The minimum atomic E-state index is -0.232. The topological polar surface area (TPSA) is 58.6 Å². The Morgan fingerprint density at radius 3 is 2.57 bits per heavy atom. The van der Waals surface area contributed by atoms with Crippen molar-refractivity contribution < 1.29 is 9.53 Å². The fraction of sp³-hybridized carbons (Fsp3) is 0.138. The molecule has 0 bridgehead atoms. The van der Waals surface area contributed by atoms with Crippen LogP contribution in [0.4, 0.5) is 17.2 Å². The summed E-state index contributed by atoms with van der Waals surface area (Å²) in [6.07, 6.45) is 7.09. The highest BCUT2D eigenvalue weighted by Gasteiger charge is 2.23. The smallest absolute Gasteiger partial charge is 0.229 e. The molecule has 0 saturated carbocycles. The lowest BCUT2D eigenvalue weighted by Gasteiger charge is -2.23. The number of para-hydroxylation sites is 2. The molecule has 0 atom stereocenters. The van der Waals surface area contributed by atoms with Crippen LogP contribution in [0.15, 0.2) is 85.8 Å². The van der Waals surface area contributed by atoms with Crippen molar-refractivity contribution in [2.75, 3.05) is 9.80 Å². The van der Waals surface area contributed by atoms with Crippen LogP contribution in [0.5, 0.6) is 5.75 Å². The number of benzene rings is 2. The van der Waals surface area contributed by atoms with Crippen molar-refractivity contribution in [1.29, 1.82) is 0 Å². The van der Waals surface area contributed by atoms with E-state index in [4.69, 9.17) is 32.9 Å². The summed E-state index contributed by atoms with van der Waals surface area (Å²) >= 11 is 13.3. The number of anilines is 3. The van der Waals surface area contributed by atoms with Crippen molar-refractivity contribution in [2.45, 2.75) is 27.4 Å². The number of rotatable bonds is 8. The van der Waals surface area contributed by atoms with E-state index in [9.17, 15) is 4.79 Å². The van der Waals surface area contributed by atoms with Gasteiger partial charge in [-0.25, -0.2) is 9.97 Å². The van der Waals surface area contributed by atoms with Crippen LogP contribution in [0.2, 0.25) is 10.0 Å². The van der Waals surface area contributed by atoms with Crippen LogP contribution < -0.4 is 14.5 Å². The van der Waals surface area contributed by atoms with E-state index in [0.29, 0.717) is 27.5 Å². The van der Waals surface area contributed by atoms with Crippen molar-refractivity contribution in [2.24, 2.45) is 0 Å². The highest BCUT2D eigenvalue weighted by atomic mass is 35.5. The Hall–Kier alpha value is -3.87. The zero-order valence-corrected chi connectivity index (χ0v) is 22.3. The Morgan fingerprint density at radius 1 is 1.14 bits per heavy atom. The lowest BCUT2D eigenvalue weighted by atomic mass is 10.1. The summed E-state index contributed by atoms with van der Waals surface area (Å²) in [6, 6.07) is 16.9. The van der Waals surface area contributed by atoms with Crippen molar-refractivity contribution in [3.63, 3.8) is 0 Å². The van der Waals surface area contributed by atoms with Gasteiger partial charge in [0, 0.05) is 42.2 Å². The van der Waals surface area contributed by atoms with Crippen LogP contribution in [-0.4, -0.2) is 15.9 Å². The summed E-state index contributed by atoms with van der Waals surface area (Å²) in [5.74, 6) is 0.624. The third kappa shape index (κ3) is 5.45. The van der Waals surface area contributed by atoms with Gasteiger partial charge < -0.3 is 9.64 Å². The summed E-state index contributed by atoms with van der Waals surface area (Å²) < 4.78 is 6.23. The minimum Gasteiger partial charge on any atom is -0.487 e. The van der Waals surface area contributed by atoms with E-state index in [1.807, 2.05) is 85.6 Å². The van der Waals surface area contributed by atoms with E-state index in [0.717, 1.165) is 16.8 Å². The number of hydrogen-bond donors (Lipinski definition) is 0. The Labute approximate surface area is 226 Å². The number of allylic oxidation sites excluding steroid dienone is 1. The van der Waals surface area contributed by atoms with E-state index in [1.165, 1.54) is 18.0 Å². The third-order valence-electron chi connectivity index (χ3n) is 5.66. The number of amides is 1. The van der Waals surface area contributed by atoms with Gasteiger partial charge >= 0.3 is 0 Å². The summed E-state index contributed by atoms with van der Waals surface area (Å²) in [6.45, 7) is 9.31. The molecule has 0 radical (unpaired) electrons. The molecule has 0 aliphatic rings. The first-order valence-corrected chi connectivity index (χ1v) is 12.4. The van der Waals surface area contributed by atoms with E-state index >= 15 is 0 Å². The summed E-state index contributed by atoms with van der Waals surface area (Å²) in [5, 5.41) is 1.48. The average Bonchev–Trinajstić information content (AvgIpc) is 2.89. The number of hydrogen-bond acceptors (Lipinski definition) is 5. The first-order chi connectivity index (χ1) is 17.8. The molecule has 0 aliphatic heterocycles. The minimum absolute atomic E-state index is 0.0534. The summed E-state index contributed by atoms with van der Waals surface area (Å²) in [4.78, 5) is 25.0. The lowest BCUT2D eigenvalue weighted by molar-refractivity contribution is -0.115. The van der Waals surface area contributed by atoms with Gasteiger partial charge in [-0.15, -0.1) is 0 Å². The Bertz CT molecular complexity index is 1490. The standard InChI is InChI=1S/C29H26Cl2N4O2/c1-5-15-34(6-2)25-16-19(3)33-28-22(25)13-10-14-26(28)37-18-23-24(30)17-32-29(27(23)31)35(20(4)36)21-11-8-7-9-12-21/h5-17H,2,18H2,1,3-4H3/b15-5-. The van der Waals surface area contributed by atoms with Crippen molar-refractivity contribution in [1.82, 2.24) is 9.97 Å². The molecule has 0 fully saturated rings. The second kappa shape index (κ2) is 11.5. The zero-order chi connectivity index (χ0) is 26.5. The molecule has 0 saturated heterocycles. The number of aryl methyl sites for hydroxylation is 1. The monoisotopic (exact) mass is 532 g/mol. The van der Waals surface area contributed by atoms with Gasteiger partial charge in [0.1, 0.15) is 17.9 Å². The van der Waals surface area contributed by atoms with Gasteiger partial charge in [0.2, 0.25) is 5.91 Å². The Morgan fingerprint density at radius 2 is 1.89 bits per heavy atom. The molecule has 0 unspecified atom stereocenters. The normalized spacial score (nSPS) is 11.1. The maximum Gasteiger partial charge on any atom is 0.229 e. The van der Waals surface area contributed by atoms with Gasteiger partial charge in [-0.05, 0) is 38.1 Å². The zero-order valence-electron chi connectivity index (χ0n) is 20.8. The van der Waals surface area contributed by atoms with Crippen LogP contribution in [-0.2, 0) is 11.4 Å². The Balaban J connectivity index is 1.73. The largest absolute Gasteiger partial charge is 0.487 e. The van der Waals surface area contributed by atoms with Crippen molar-refractivity contribution >= 4 is 57.2 Å². The second-order valence-electron chi connectivity index (χ2n) is 8.21. The van der Waals surface area contributed by atoms with Gasteiger partial charge in [-0.1, -0.05) is 66.2 Å². The maximum absolute atomic E-state index is 12.5. The Kier molecular flexibility index (Phi) is 8.11. The SMILES string of the molecule is C=CN(/C=C\C)c1cc(C)nc2c(OCc3c(Cl)cnc(N(C(C)=O)c4ccccc4)c3Cl)cccc12. The number of carbonyl (C=O) groups excluding carboxylic acids is 1. The molecule has 1 amide bonds. The van der Waals surface area contributed by atoms with Gasteiger partial charge in [-0.2, -0.15) is 0 Å². The van der Waals surface area contributed by atoms with E-state index in [-0.39, 0.29) is 23.4 Å². The van der Waals surface area contributed by atoms with Crippen LogP contribution in [0.1, 0.15) is 25.1 Å². The number of fused-ring (bicyclic) bond motifs is 1. The molecule has 6 nitrogen and oxygen atoms in total. The molecule has 2 aromatic carbocycles. The van der Waals surface area contributed by atoms with Crippen LogP contribution in [0.25, 0.3) is 10.9 Å². The number of carbonyl (C=O) groups is 1. The lowest BCUT2D eigenvalue weighted by Crippen LogP contribution is -2.24. The fourth-order valence-electron chi connectivity index (χ4n) is 4.02. The molecule has 4 rings (SSSR count). The second-order valence-corrected chi connectivity index (χ2v) is 8.99. The average molecular weight is 533 g/mol. The molecule has 8 heteroatoms. The van der Waals surface area contributed by atoms with Gasteiger partial charge in [0.25, 0.3) is 0 Å². The maximum atomic E-state index is 12.5. The molecular weight excluding hydrogens is 507 g/mol. The third-order valence-corrected chi connectivity index (χ3v) is 6.38. The van der Waals surface area contributed by atoms with E-state index in [1.54, 1.807) is 6.20 Å².